The highest BCUT2D eigenvalue weighted by atomic mass is 16.5. The van der Waals surface area contributed by atoms with E-state index in [9.17, 15) is 9.90 Å². The van der Waals surface area contributed by atoms with Crippen molar-refractivity contribution in [1.29, 1.82) is 0 Å². The van der Waals surface area contributed by atoms with E-state index >= 15 is 0 Å². The van der Waals surface area contributed by atoms with Crippen molar-refractivity contribution in [3.63, 3.8) is 0 Å². The molecule has 1 saturated carbocycles. The fourth-order valence-corrected chi connectivity index (χ4v) is 1.96. The summed E-state index contributed by atoms with van der Waals surface area (Å²) in [5, 5.41) is 12.5. The number of nitrogens with one attached hydrogen (secondary N) is 1. The van der Waals surface area contributed by atoms with Gasteiger partial charge in [0, 0.05) is 12.5 Å². The van der Waals surface area contributed by atoms with Crippen LogP contribution in [0.15, 0.2) is 24.3 Å². The van der Waals surface area contributed by atoms with E-state index in [0.29, 0.717) is 5.75 Å². The molecule has 20 heavy (non-hydrogen) atoms. The normalized spacial score (nSPS) is 16.1. The van der Waals surface area contributed by atoms with E-state index in [1.54, 1.807) is 31.4 Å². The van der Waals surface area contributed by atoms with Crippen LogP contribution in [-0.2, 0) is 4.79 Å². The zero-order valence-electron chi connectivity index (χ0n) is 11.7. The molecule has 1 aromatic rings. The average Bonchev–Trinajstić information content (AvgIpc) is 2.41. The molecule has 1 fully saturated rings. The van der Waals surface area contributed by atoms with Crippen molar-refractivity contribution in [3.05, 3.63) is 24.3 Å². The topological polar surface area (TPSA) is 67.8 Å². The van der Waals surface area contributed by atoms with E-state index in [-0.39, 0.29) is 25.0 Å². The van der Waals surface area contributed by atoms with Crippen molar-refractivity contribution in [2.45, 2.75) is 25.4 Å². The third-order valence-electron chi connectivity index (χ3n) is 3.49. The molecule has 1 amide bonds. The summed E-state index contributed by atoms with van der Waals surface area (Å²) in [7, 11) is 1.60. The number of methoxy groups -OCH3 is 1. The van der Waals surface area contributed by atoms with Gasteiger partial charge in [-0.1, -0.05) is 6.42 Å². The molecule has 0 saturated heterocycles. The van der Waals surface area contributed by atoms with Crippen LogP contribution in [-0.4, -0.2) is 37.4 Å². The largest absolute Gasteiger partial charge is 0.497 e. The Labute approximate surface area is 118 Å². The smallest absolute Gasteiger partial charge is 0.223 e. The quantitative estimate of drug-likeness (QED) is 0.790. The molecule has 0 heterocycles. The molecule has 0 radical (unpaired) electrons. The van der Waals surface area contributed by atoms with Gasteiger partial charge < -0.3 is 19.9 Å². The minimum Gasteiger partial charge on any atom is -0.497 e. The van der Waals surface area contributed by atoms with Gasteiger partial charge in [-0.25, -0.2) is 0 Å². The van der Waals surface area contributed by atoms with Crippen LogP contribution in [0.3, 0.4) is 0 Å². The first-order chi connectivity index (χ1) is 9.69. The Morgan fingerprint density at radius 3 is 2.55 bits per heavy atom. The fourth-order valence-electron chi connectivity index (χ4n) is 1.96. The van der Waals surface area contributed by atoms with Crippen LogP contribution < -0.4 is 14.8 Å². The van der Waals surface area contributed by atoms with Gasteiger partial charge >= 0.3 is 0 Å². The maximum Gasteiger partial charge on any atom is 0.223 e. The Bertz CT molecular complexity index is 428. The second kappa shape index (κ2) is 7.14. The maximum absolute atomic E-state index is 11.6. The Morgan fingerprint density at radius 2 is 2.00 bits per heavy atom. The van der Waals surface area contributed by atoms with Crippen LogP contribution >= 0.6 is 0 Å². The highest BCUT2D eigenvalue weighted by Gasteiger charge is 2.25. The summed E-state index contributed by atoms with van der Waals surface area (Å²) in [6, 6.07) is 7.14. The van der Waals surface area contributed by atoms with E-state index in [4.69, 9.17) is 9.47 Å². The van der Waals surface area contributed by atoms with Crippen molar-refractivity contribution in [1.82, 2.24) is 5.32 Å². The monoisotopic (exact) mass is 279 g/mol. The lowest BCUT2D eigenvalue weighted by atomic mass is 9.85. The van der Waals surface area contributed by atoms with Gasteiger partial charge in [0.15, 0.2) is 0 Å². The third-order valence-corrected chi connectivity index (χ3v) is 3.49. The van der Waals surface area contributed by atoms with Crippen LogP contribution in [0.2, 0.25) is 0 Å². The number of hydrogen-bond donors (Lipinski definition) is 2. The van der Waals surface area contributed by atoms with Crippen molar-refractivity contribution in [3.8, 4) is 11.5 Å². The Hall–Kier alpha value is -1.75. The van der Waals surface area contributed by atoms with Gasteiger partial charge in [0.2, 0.25) is 5.91 Å². The fraction of sp³-hybridized carbons (Fsp3) is 0.533. The number of carbonyl (C=O) groups excluding carboxylic acids is 1. The summed E-state index contributed by atoms with van der Waals surface area (Å²) in [5.74, 6) is 1.60. The molecule has 0 spiro atoms. The highest BCUT2D eigenvalue weighted by Crippen LogP contribution is 2.26. The molecule has 5 heteroatoms. The van der Waals surface area contributed by atoms with Gasteiger partial charge in [0.05, 0.1) is 7.11 Å². The molecule has 0 aliphatic heterocycles. The highest BCUT2D eigenvalue weighted by molar-refractivity contribution is 5.79. The number of benzene rings is 1. The van der Waals surface area contributed by atoms with Gasteiger partial charge in [-0.3, -0.25) is 4.79 Å². The molecule has 1 aromatic carbocycles. The minimum atomic E-state index is -0.707. The van der Waals surface area contributed by atoms with E-state index in [2.05, 4.69) is 5.32 Å². The molecule has 1 aliphatic rings. The maximum atomic E-state index is 11.6. The minimum absolute atomic E-state index is 0.0414. The number of amides is 1. The number of aliphatic hydroxyl groups is 1. The second-order valence-corrected chi connectivity index (χ2v) is 5.01. The van der Waals surface area contributed by atoms with Crippen LogP contribution in [0.4, 0.5) is 0 Å². The van der Waals surface area contributed by atoms with Gasteiger partial charge in [-0.2, -0.15) is 0 Å². The molecule has 2 N–H and O–H groups in total. The standard InChI is InChI=1S/C15H21NO4/c1-19-13-5-7-14(8-6-13)20-10-12(17)9-16-15(18)11-3-2-4-11/h5-8,11-12,17H,2-4,9-10H2,1H3,(H,16,18)/t12-/m1/s1. The Balaban J connectivity index is 1.65. The summed E-state index contributed by atoms with van der Waals surface area (Å²) >= 11 is 0. The van der Waals surface area contributed by atoms with E-state index in [1.807, 2.05) is 0 Å². The Kier molecular flexibility index (Phi) is 5.24. The van der Waals surface area contributed by atoms with E-state index in [1.165, 1.54) is 0 Å². The molecule has 1 aliphatic carbocycles. The predicted molar refractivity (Wildman–Crippen MR) is 74.8 cm³/mol. The molecule has 110 valence electrons. The van der Waals surface area contributed by atoms with E-state index in [0.717, 1.165) is 25.0 Å². The molecular formula is C15H21NO4. The van der Waals surface area contributed by atoms with Crippen molar-refractivity contribution in [2.24, 2.45) is 5.92 Å². The van der Waals surface area contributed by atoms with Gasteiger partial charge in [0.25, 0.3) is 0 Å². The summed E-state index contributed by atoms with van der Waals surface area (Å²) < 4.78 is 10.5. The van der Waals surface area contributed by atoms with Crippen molar-refractivity contribution in [2.75, 3.05) is 20.3 Å². The number of ether oxygens (including phenoxy) is 2. The molecule has 2 rings (SSSR count). The lowest BCUT2D eigenvalue weighted by molar-refractivity contribution is -0.127. The number of rotatable bonds is 7. The molecular weight excluding hydrogens is 258 g/mol. The number of hydrogen-bond acceptors (Lipinski definition) is 4. The lowest BCUT2D eigenvalue weighted by Gasteiger charge is -2.24. The van der Waals surface area contributed by atoms with Gasteiger partial charge in [-0.05, 0) is 37.1 Å². The summed E-state index contributed by atoms with van der Waals surface area (Å²) in [5.41, 5.74) is 0. The van der Waals surface area contributed by atoms with Crippen LogP contribution in [0, 0.1) is 5.92 Å². The number of aliphatic hydroxyl groups excluding tert-OH is 1. The predicted octanol–water partition coefficient (Wildman–Crippen LogP) is 1.35. The molecule has 0 bridgehead atoms. The lowest BCUT2D eigenvalue weighted by Crippen LogP contribution is -2.40. The molecule has 1 atom stereocenters. The zero-order chi connectivity index (χ0) is 14.4. The first-order valence-corrected chi connectivity index (χ1v) is 6.91. The molecule has 5 nitrogen and oxygen atoms in total. The Morgan fingerprint density at radius 1 is 1.35 bits per heavy atom. The van der Waals surface area contributed by atoms with Crippen molar-refractivity contribution < 1.29 is 19.4 Å². The zero-order valence-corrected chi connectivity index (χ0v) is 11.7. The summed E-state index contributed by atoms with van der Waals surface area (Å²) in [6.45, 7) is 0.378. The van der Waals surface area contributed by atoms with Crippen LogP contribution in [0.5, 0.6) is 11.5 Å². The van der Waals surface area contributed by atoms with E-state index < -0.39 is 6.10 Å². The number of carbonyl (C=O) groups is 1. The molecule has 0 aromatic heterocycles. The average molecular weight is 279 g/mol. The SMILES string of the molecule is COc1ccc(OC[C@H](O)CNC(=O)C2CCC2)cc1. The third kappa shape index (κ3) is 4.13. The molecule has 0 unspecified atom stereocenters. The first kappa shape index (κ1) is 14.7. The van der Waals surface area contributed by atoms with Crippen LogP contribution in [0.1, 0.15) is 19.3 Å². The van der Waals surface area contributed by atoms with Crippen molar-refractivity contribution >= 4 is 5.91 Å². The summed E-state index contributed by atoms with van der Waals surface area (Å²) in [4.78, 5) is 11.6. The van der Waals surface area contributed by atoms with Gasteiger partial charge in [0.1, 0.15) is 24.2 Å². The summed E-state index contributed by atoms with van der Waals surface area (Å²) in [6.07, 6.45) is 2.34. The van der Waals surface area contributed by atoms with Crippen LogP contribution in [0.25, 0.3) is 0 Å². The second-order valence-electron chi connectivity index (χ2n) is 5.01. The van der Waals surface area contributed by atoms with Gasteiger partial charge in [-0.15, -0.1) is 0 Å². The first-order valence-electron chi connectivity index (χ1n) is 6.91.